The standard InChI is InChI=1S/C32H34N4O7/c1-31-25-17-10-6-8-12-19(17)36(31)32(2)27(41-4)20(34(3)30(40)42-14-13-37)15-21(43-32)35-18-11-7-5-9-16(18)22(26(31)35)23-24(25)29(39)33-28(23)38/h5-12,20-21,26-27,29,37,39H,13-15H2,1-4H3,(H,33,38)/t20-,21-,26?,27-,29?,31?,32+/m1/s1. The minimum Gasteiger partial charge on any atom is -0.447 e. The molecule has 8 rings (SSSR count). The summed E-state index contributed by atoms with van der Waals surface area (Å²) in [6.07, 6.45) is -2.45. The lowest BCUT2D eigenvalue weighted by molar-refractivity contribution is -0.207. The number of amides is 2. The number of carbonyl (C=O) groups is 2. The van der Waals surface area contributed by atoms with Crippen molar-refractivity contribution in [3.63, 3.8) is 0 Å². The maximum Gasteiger partial charge on any atom is 0.409 e. The van der Waals surface area contributed by atoms with Crippen molar-refractivity contribution in [1.29, 1.82) is 0 Å². The Kier molecular flexibility index (Phi) is 5.48. The maximum absolute atomic E-state index is 13.6. The molecule has 2 bridgehead atoms. The van der Waals surface area contributed by atoms with E-state index in [1.165, 1.54) is 0 Å². The normalized spacial score (nSPS) is 34.4. The molecule has 11 heteroatoms. The topological polar surface area (TPSA) is 124 Å². The SMILES string of the molecule is CO[C@@H]1[C@H](N(C)C(=O)OCCO)C[C@H]2O[C@]1(C)N1c3ccccc3C3=C4C(=C5c6ccccc6N2C5C31C)C(=O)NC4O. The zero-order chi connectivity index (χ0) is 30.0. The highest BCUT2D eigenvalue weighted by Gasteiger charge is 2.71. The van der Waals surface area contributed by atoms with Gasteiger partial charge in [0, 0.05) is 48.7 Å². The number of carbonyl (C=O) groups excluding carboxylic acids is 2. The summed E-state index contributed by atoms with van der Waals surface area (Å²) in [5, 5.41) is 23.5. The van der Waals surface area contributed by atoms with E-state index in [1.54, 1.807) is 19.1 Å². The number of benzene rings is 2. The van der Waals surface area contributed by atoms with Crippen LogP contribution in [0.3, 0.4) is 0 Å². The van der Waals surface area contributed by atoms with E-state index in [2.05, 4.69) is 22.0 Å². The first-order valence-electron chi connectivity index (χ1n) is 14.6. The number of fused-ring (bicyclic) bond motifs is 11. The fourth-order valence-electron chi connectivity index (χ4n) is 8.98. The van der Waals surface area contributed by atoms with E-state index in [0.717, 1.165) is 33.6 Å². The third-order valence-corrected chi connectivity index (χ3v) is 10.3. The smallest absolute Gasteiger partial charge is 0.409 e. The number of hydrogen-bond donors (Lipinski definition) is 3. The molecular formula is C32H34N4O7. The van der Waals surface area contributed by atoms with E-state index >= 15 is 0 Å². The van der Waals surface area contributed by atoms with Crippen LogP contribution >= 0.6 is 0 Å². The van der Waals surface area contributed by atoms with Crippen molar-refractivity contribution < 1.29 is 34.0 Å². The molecule has 11 nitrogen and oxygen atoms in total. The molecule has 0 radical (unpaired) electrons. The van der Waals surface area contributed by atoms with Gasteiger partial charge in [0.2, 0.25) is 0 Å². The number of hydrogen-bond acceptors (Lipinski definition) is 9. The van der Waals surface area contributed by atoms with Crippen LogP contribution in [0.15, 0.2) is 59.7 Å². The number of para-hydroxylation sites is 2. The second kappa shape index (κ2) is 8.82. The number of ether oxygens (including phenoxy) is 3. The number of nitrogens with one attached hydrogen (secondary N) is 1. The van der Waals surface area contributed by atoms with Crippen molar-refractivity contribution in [3.8, 4) is 0 Å². The molecule has 0 saturated carbocycles. The predicted octanol–water partition coefficient (Wildman–Crippen LogP) is 2.04. The van der Waals surface area contributed by atoms with Crippen LogP contribution in [0.2, 0.25) is 0 Å². The second-order valence-electron chi connectivity index (χ2n) is 12.3. The third-order valence-electron chi connectivity index (χ3n) is 10.3. The van der Waals surface area contributed by atoms with Crippen LogP contribution in [0.4, 0.5) is 16.2 Å². The van der Waals surface area contributed by atoms with Crippen molar-refractivity contribution in [1.82, 2.24) is 10.2 Å². The fraction of sp³-hybridized carbons (Fsp3) is 0.438. The Bertz CT molecular complexity index is 1660. The van der Waals surface area contributed by atoms with Gasteiger partial charge >= 0.3 is 6.09 Å². The summed E-state index contributed by atoms with van der Waals surface area (Å²) in [5.74, 6) is -0.294. The molecule has 0 aromatic heterocycles. The van der Waals surface area contributed by atoms with Gasteiger partial charge in [-0.25, -0.2) is 4.79 Å². The van der Waals surface area contributed by atoms with Crippen molar-refractivity contribution in [2.45, 2.75) is 62.2 Å². The third kappa shape index (κ3) is 3.07. The summed E-state index contributed by atoms with van der Waals surface area (Å²) < 4.78 is 18.8. The van der Waals surface area contributed by atoms with Crippen LogP contribution in [0.5, 0.6) is 0 Å². The van der Waals surface area contributed by atoms with Crippen molar-refractivity contribution in [2.24, 2.45) is 0 Å². The quantitative estimate of drug-likeness (QED) is 0.494. The van der Waals surface area contributed by atoms with Gasteiger partial charge in [0.1, 0.15) is 18.9 Å². The Morgan fingerprint density at radius 2 is 1.81 bits per heavy atom. The summed E-state index contributed by atoms with van der Waals surface area (Å²) in [4.78, 5) is 32.9. The number of rotatable bonds is 4. The molecule has 2 aromatic rings. The molecule has 3 unspecified atom stereocenters. The number of likely N-dealkylation sites (N-methyl/N-ethyl adjacent to an activating group) is 1. The van der Waals surface area contributed by atoms with Crippen molar-refractivity contribution >= 4 is 34.5 Å². The van der Waals surface area contributed by atoms with Crippen LogP contribution in [0.25, 0.3) is 11.1 Å². The van der Waals surface area contributed by atoms with E-state index in [0.29, 0.717) is 17.6 Å². The molecule has 0 spiro atoms. The Balaban J connectivity index is 1.44. The van der Waals surface area contributed by atoms with Crippen LogP contribution in [-0.4, -0.2) is 96.4 Å². The minimum atomic E-state index is -1.16. The van der Waals surface area contributed by atoms with Crippen LogP contribution in [-0.2, 0) is 19.0 Å². The van der Waals surface area contributed by atoms with E-state index in [9.17, 15) is 19.8 Å². The first-order chi connectivity index (χ1) is 20.7. The first-order valence-corrected chi connectivity index (χ1v) is 14.6. The number of aliphatic hydroxyl groups excluding tert-OH is 2. The lowest BCUT2D eigenvalue weighted by Gasteiger charge is -2.56. The molecule has 6 aliphatic rings. The van der Waals surface area contributed by atoms with Gasteiger partial charge in [0.05, 0.1) is 29.8 Å². The molecule has 3 fully saturated rings. The number of aliphatic hydroxyl groups is 2. The number of anilines is 2. The highest BCUT2D eigenvalue weighted by atomic mass is 16.6. The molecule has 3 N–H and O–H groups in total. The summed E-state index contributed by atoms with van der Waals surface area (Å²) >= 11 is 0. The zero-order valence-corrected chi connectivity index (χ0v) is 24.4. The van der Waals surface area contributed by atoms with Crippen LogP contribution < -0.4 is 15.1 Å². The van der Waals surface area contributed by atoms with Gasteiger partial charge in [-0.3, -0.25) is 4.79 Å². The van der Waals surface area contributed by atoms with Crippen molar-refractivity contribution in [2.75, 3.05) is 37.2 Å². The van der Waals surface area contributed by atoms with Gasteiger partial charge in [-0.05, 0) is 37.1 Å². The Labute approximate surface area is 248 Å². The Hall–Kier alpha value is -3.90. The van der Waals surface area contributed by atoms with Gasteiger partial charge in [-0.15, -0.1) is 0 Å². The van der Waals surface area contributed by atoms with E-state index in [4.69, 9.17) is 14.2 Å². The molecule has 2 aromatic carbocycles. The molecule has 3 saturated heterocycles. The molecule has 5 aliphatic heterocycles. The zero-order valence-electron chi connectivity index (χ0n) is 24.4. The fourth-order valence-corrected chi connectivity index (χ4v) is 8.98. The molecule has 2 amide bonds. The minimum absolute atomic E-state index is 0.109. The number of nitrogens with zero attached hydrogens (tertiary/aromatic N) is 3. The van der Waals surface area contributed by atoms with Crippen LogP contribution in [0, 0.1) is 0 Å². The van der Waals surface area contributed by atoms with Crippen molar-refractivity contribution in [3.05, 3.63) is 70.8 Å². The van der Waals surface area contributed by atoms with E-state index in [-0.39, 0.29) is 25.2 Å². The van der Waals surface area contributed by atoms with E-state index in [1.807, 2.05) is 55.5 Å². The number of methoxy groups -OCH3 is 1. The largest absolute Gasteiger partial charge is 0.447 e. The second-order valence-corrected chi connectivity index (χ2v) is 12.3. The van der Waals surface area contributed by atoms with Gasteiger partial charge in [0.25, 0.3) is 5.91 Å². The summed E-state index contributed by atoms with van der Waals surface area (Å²) in [5.41, 5.74) is 4.61. The van der Waals surface area contributed by atoms with Gasteiger partial charge in [-0.2, -0.15) is 0 Å². The van der Waals surface area contributed by atoms with Gasteiger partial charge < -0.3 is 44.4 Å². The first kappa shape index (κ1) is 26.7. The molecule has 224 valence electrons. The highest BCUT2D eigenvalue weighted by molar-refractivity contribution is 6.19. The highest BCUT2D eigenvalue weighted by Crippen LogP contribution is 2.66. The Morgan fingerprint density at radius 1 is 1.12 bits per heavy atom. The Morgan fingerprint density at radius 3 is 2.53 bits per heavy atom. The predicted molar refractivity (Wildman–Crippen MR) is 157 cm³/mol. The van der Waals surface area contributed by atoms with E-state index < -0.39 is 42.0 Å². The van der Waals surface area contributed by atoms with Gasteiger partial charge in [0.15, 0.2) is 12.0 Å². The monoisotopic (exact) mass is 586 g/mol. The molecule has 43 heavy (non-hydrogen) atoms. The molecule has 7 atom stereocenters. The van der Waals surface area contributed by atoms with Gasteiger partial charge in [-0.1, -0.05) is 36.4 Å². The average molecular weight is 587 g/mol. The summed E-state index contributed by atoms with van der Waals surface area (Å²) in [7, 11) is 3.31. The summed E-state index contributed by atoms with van der Waals surface area (Å²) in [6.45, 7) is 3.79. The van der Waals surface area contributed by atoms with Crippen LogP contribution in [0.1, 0.15) is 31.4 Å². The molecule has 1 aliphatic carbocycles. The lowest BCUT2D eigenvalue weighted by atomic mass is 9.69. The maximum atomic E-state index is 13.6. The molecule has 5 heterocycles. The summed E-state index contributed by atoms with van der Waals surface area (Å²) in [6, 6.07) is 15.2. The average Bonchev–Trinajstić information content (AvgIpc) is 3.57. The molecular weight excluding hydrogens is 552 g/mol. The lowest BCUT2D eigenvalue weighted by Crippen LogP contribution is -2.71.